The molecule has 0 radical (unpaired) electrons. The van der Waals surface area contributed by atoms with Crippen LogP contribution in [0.3, 0.4) is 0 Å². The lowest BCUT2D eigenvalue weighted by molar-refractivity contribution is 0.438. The first-order chi connectivity index (χ1) is 16.0. The summed E-state index contributed by atoms with van der Waals surface area (Å²) >= 11 is 0. The molecular formula is C23H25FN8O. The molecule has 0 saturated carbocycles. The fourth-order valence-electron chi connectivity index (χ4n) is 4.16. The van der Waals surface area contributed by atoms with Gasteiger partial charge in [-0.1, -0.05) is 12.5 Å². The third kappa shape index (κ3) is 3.72. The van der Waals surface area contributed by atoms with E-state index in [2.05, 4.69) is 37.1 Å². The number of halogens is 1. The smallest absolute Gasteiger partial charge is 0.326 e. The Kier molecular flexibility index (Phi) is 5.29. The summed E-state index contributed by atoms with van der Waals surface area (Å²) in [5.74, 6) is 1.42. The van der Waals surface area contributed by atoms with Crippen LogP contribution in [0.25, 0.3) is 21.9 Å². The maximum Gasteiger partial charge on any atom is 0.326 e. The van der Waals surface area contributed by atoms with E-state index >= 15 is 0 Å². The maximum atomic E-state index is 14.4. The van der Waals surface area contributed by atoms with Gasteiger partial charge >= 0.3 is 6.01 Å². The highest BCUT2D eigenvalue weighted by Crippen LogP contribution is 2.39. The number of nitrogens with one attached hydrogen (secondary N) is 2. The van der Waals surface area contributed by atoms with E-state index in [4.69, 9.17) is 15.5 Å². The molecule has 33 heavy (non-hydrogen) atoms. The second-order valence-corrected chi connectivity index (χ2v) is 7.99. The molecule has 0 aliphatic carbocycles. The summed E-state index contributed by atoms with van der Waals surface area (Å²) in [5, 5.41) is 4.50. The van der Waals surface area contributed by atoms with Gasteiger partial charge in [0.05, 0.1) is 29.0 Å². The molecule has 4 heterocycles. The SMILES string of the molecule is CCC(CN)=C1CN(c2nc(Oc3cnc(C)nc3)nc3[nH]c4c(NC)cc(F)cc4c23)C1. The van der Waals surface area contributed by atoms with E-state index in [1.54, 1.807) is 26.4 Å². The molecule has 1 aliphatic heterocycles. The number of fused-ring (bicyclic) bond motifs is 3. The lowest BCUT2D eigenvalue weighted by Gasteiger charge is -2.37. The van der Waals surface area contributed by atoms with Crippen molar-refractivity contribution in [3.8, 4) is 11.8 Å². The Bertz CT molecular complexity index is 1370. The predicted molar refractivity (Wildman–Crippen MR) is 126 cm³/mol. The zero-order valence-electron chi connectivity index (χ0n) is 18.7. The van der Waals surface area contributed by atoms with Crippen LogP contribution in [0.5, 0.6) is 11.8 Å². The van der Waals surface area contributed by atoms with Gasteiger partial charge in [-0.2, -0.15) is 9.97 Å². The number of hydrogen-bond acceptors (Lipinski definition) is 8. The lowest BCUT2D eigenvalue weighted by atomic mass is 9.98. The van der Waals surface area contributed by atoms with Crippen LogP contribution in [-0.4, -0.2) is 51.6 Å². The molecule has 3 aromatic heterocycles. The van der Waals surface area contributed by atoms with Crippen LogP contribution in [0.1, 0.15) is 19.2 Å². The molecular weight excluding hydrogens is 423 g/mol. The number of aromatic amines is 1. The van der Waals surface area contributed by atoms with Crippen LogP contribution in [-0.2, 0) is 0 Å². The number of aryl methyl sites for hydroxylation is 1. The van der Waals surface area contributed by atoms with Gasteiger partial charge in [0.2, 0.25) is 0 Å². The summed E-state index contributed by atoms with van der Waals surface area (Å²) in [7, 11) is 1.75. The van der Waals surface area contributed by atoms with Gasteiger partial charge in [-0.25, -0.2) is 14.4 Å². The first kappa shape index (κ1) is 21.1. The largest absolute Gasteiger partial charge is 0.421 e. The number of nitrogens with zero attached hydrogens (tertiary/aromatic N) is 5. The molecule has 1 fully saturated rings. The van der Waals surface area contributed by atoms with Gasteiger partial charge in [0.15, 0.2) is 5.75 Å². The summed E-state index contributed by atoms with van der Waals surface area (Å²) in [5.41, 5.74) is 10.4. The van der Waals surface area contributed by atoms with Gasteiger partial charge in [0, 0.05) is 32.1 Å². The molecule has 0 amide bonds. The second kappa shape index (κ2) is 8.28. The molecule has 0 atom stereocenters. The Hall–Kier alpha value is -3.79. The van der Waals surface area contributed by atoms with Crippen LogP contribution < -0.4 is 20.7 Å². The minimum atomic E-state index is -0.337. The second-order valence-electron chi connectivity index (χ2n) is 7.99. The van der Waals surface area contributed by atoms with Gasteiger partial charge in [-0.15, -0.1) is 0 Å². The van der Waals surface area contributed by atoms with E-state index in [1.807, 2.05) is 0 Å². The molecule has 1 aliphatic rings. The Morgan fingerprint density at radius 1 is 1.24 bits per heavy atom. The van der Waals surface area contributed by atoms with Crippen LogP contribution in [0.2, 0.25) is 0 Å². The first-order valence-electron chi connectivity index (χ1n) is 10.8. The molecule has 1 aromatic carbocycles. The van der Waals surface area contributed by atoms with Crippen molar-refractivity contribution in [2.75, 3.05) is 36.9 Å². The van der Waals surface area contributed by atoms with E-state index in [0.717, 1.165) is 17.3 Å². The van der Waals surface area contributed by atoms with Crippen LogP contribution in [0.15, 0.2) is 35.7 Å². The highest BCUT2D eigenvalue weighted by molar-refractivity contribution is 6.14. The Balaban J connectivity index is 1.66. The normalized spacial score (nSPS) is 13.5. The summed E-state index contributed by atoms with van der Waals surface area (Å²) in [6, 6.07) is 3.12. The van der Waals surface area contributed by atoms with Gasteiger partial charge in [0.1, 0.15) is 23.1 Å². The average molecular weight is 449 g/mol. The van der Waals surface area contributed by atoms with Crippen molar-refractivity contribution >= 4 is 33.4 Å². The molecule has 0 bridgehead atoms. The number of benzene rings is 1. The van der Waals surface area contributed by atoms with Gasteiger partial charge in [-0.05, 0) is 31.1 Å². The summed E-state index contributed by atoms with van der Waals surface area (Å²) in [6.07, 6.45) is 4.08. The van der Waals surface area contributed by atoms with Crippen molar-refractivity contribution in [2.45, 2.75) is 20.3 Å². The molecule has 0 spiro atoms. The Labute approximate surface area is 189 Å². The fourth-order valence-corrected chi connectivity index (χ4v) is 4.16. The average Bonchev–Trinajstić information content (AvgIpc) is 3.14. The van der Waals surface area contributed by atoms with Crippen molar-refractivity contribution in [1.82, 2.24) is 24.9 Å². The standard InChI is InChI=1S/C23H25FN8O/c1-4-13(7-25)14-10-32(11-14)22-19-17-5-15(24)6-18(26-3)20(17)29-21(19)30-23(31-22)33-16-8-27-12(2)28-9-16/h5-6,8-9,26H,4,7,10-11,25H2,1-3H3,(H,29,30,31). The van der Waals surface area contributed by atoms with Gasteiger partial charge in [-0.3, -0.25) is 0 Å². The predicted octanol–water partition coefficient (Wildman–Crippen LogP) is 3.67. The minimum Gasteiger partial charge on any atom is -0.421 e. The Morgan fingerprint density at radius 2 is 2.00 bits per heavy atom. The van der Waals surface area contributed by atoms with E-state index in [0.29, 0.717) is 53.7 Å². The van der Waals surface area contributed by atoms with Crippen molar-refractivity contribution in [3.63, 3.8) is 0 Å². The topological polar surface area (TPSA) is 118 Å². The molecule has 9 nitrogen and oxygen atoms in total. The summed E-state index contributed by atoms with van der Waals surface area (Å²) in [6.45, 7) is 5.87. The van der Waals surface area contributed by atoms with Crippen LogP contribution >= 0.6 is 0 Å². The number of hydrogen-bond donors (Lipinski definition) is 3. The maximum absolute atomic E-state index is 14.4. The van der Waals surface area contributed by atoms with Crippen LogP contribution in [0.4, 0.5) is 15.9 Å². The van der Waals surface area contributed by atoms with Crippen molar-refractivity contribution in [3.05, 3.63) is 47.3 Å². The van der Waals surface area contributed by atoms with Crippen molar-refractivity contribution < 1.29 is 9.13 Å². The first-order valence-corrected chi connectivity index (χ1v) is 10.8. The number of rotatable bonds is 6. The number of ether oxygens (including phenoxy) is 1. The van der Waals surface area contributed by atoms with E-state index in [9.17, 15) is 4.39 Å². The van der Waals surface area contributed by atoms with E-state index in [1.165, 1.54) is 23.3 Å². The molecule has 170 valence electrons. The van der Waals surface area contributed by atoms with Gasteiger partial charge in [0.25, 0.3) is 0 Å². The van der Waals surface area contributed by atoms with E-state index in [-0.39, 0.29) is 11.8 Å². The zero-order valence-corrected chi connectivity index (χ0v) is 18.7. The molecule has 4 N–H and O–H groups in total. The monoisotopic (exact) mass is 448 g/mol. The third-order valence-electron chi connectivity index (χ3n) is 5.96. The molecule has 10 heteroatoms. The number of H-pyrrole nitrogens is 1. The summed E-state index contributed by atoms with van der Waals surface area (Å²) < 4.78 is 20.3. The number of nitrogens with two attached hydrogens (primary N) is 1. The fraction of sp³-hybridized carbons (Fsp3) is 0.304. The Morgan fingerprint density at radius 3 is 2.67 bits per heavy atom. The lowest BCUT2D eigenvalue weighted by Crippen LogP contribution is -2.42. The van der Waals surface area contributed by atoms with Gasteiger partial charge < -0.3 is 25.7 Å². The minimum absolute atomic E-state index is 0.162. The van der Waals surface area contributed by atoms with E-state index < -0.39 is 0 Å². The highest BCUT2D eigenvalue weighted by Gasteiger charge is 2.28. The van der Waals surface area contributed by atoms with Crippen molar-refractivity contribution in [2.24, 2.45) is 5.73 Å². The van der Waals surface area contributed by atoms with Crippen molar-refractivity contribution in [1.29, 1.82) is 0 Å². The molecule has 5 rings (SSSR count). The quantitative estimate of drug-likeness (QED) is 0.383. The molecule has 0 unspecified atom stereocenters. The summed E-state index contributed by atoms with van der Waals surface area (Å²) in [4.78, 5) is 23.0. The number of anilines is 2. The van der Waals surface area contributed by atoms with Crippen LogP contribution in [0, 0.1) is 12.7 Å². The number of aromatic nitrogens is 5. The molecule has 1 saturated heterocycles. The highest BCUT2D eigenvalue weighted by atomic mass is 19.1. The molecule has 4 aromatic rings. The zero-order chi connectivity index (χ0) is 23.1. The third-order valence-corrected chi connectivity index (χ3v) is 5.96.